The molecule has 1 atom stereocenters. The van der Waals surface area contributed by atoms with Crippen LogP contribution < -0.4 is 10.1 Å². The number of hydrogen-bond acceptors (Lipinski definition) is 4. The van der Waals surface area contributed by atoms with E-state index >= 15 is 0 Å². The van der Waals surface area contributed by atoms with E-state index in [1.54, 1.807) is 6.92 Å². The Morgan fingerprint density at radius 2 is 1.90 bits per heavy atom. The molecule has 2 aromatic carbocycles. The molecule has 1 saturated heterocycles. The predicted octanol–water partition coefficient (Wildman–Crippen LogP) is 4.36. The van der Waals surface area contributed by atoms with Crippen LogP contribution in [-0.4, -0.2) is 43.2 Å². The van der Waals surface area contributed by atoms with Crippen LogP contribution in [0.1, 0.15) is 43.4 Å². The molecule has 1 unspecified atom stereocenters. The zero-order valence-corrected chi connectivity index (χ0v) is 17.9. The van der Waals surface area contributed by atoms with Gasteiger partial charge in [0.1, 0.15) is 5.75 Å². The van der Waals surface area contributed by atoms with Crippen LogP contribution >= 0.6 is 0 Å². The molecule has 1 heterocycles. The highest BCUT2D eigenvalue weighted by Crippen LogP contribution is 2.28. The Balaban J connectivity index is 1.62. The summed E-state index contributed by atoms with van der Waals surface area (Å²) in [6.45, 7) is 12.4. The number of hydrogen-bond donors (Lipinski definition) is 1. The van der Waals surface area contributed by atoms with Crippen molar-refractivity contribution in [3.63, 3.8) is 0 Å². The summed E-state index contributed by atoms with van der Waals surface area (Å²) in [5, 5.41) is 3.00. The van der Waals surface area contributed by atoms with Crippen molar-refractivity contribution in [2.24, 2.45) is 0 Å². The van der Waals surface area contributed by atoms with E-state index in [1.807, 2.05) is 31.2 Å². The SMILES string of the molecule is Cc1ccc(C(C)C)c(OC(C)C(=O)Nc2cccc(CN3CCOCC3)c2)c1. The normalized spacial score (nSPS) is 15.9. The first-order valence-corrected chi connectivity index (χ1v) is 10.4. The van der Waals surface area contributed by atoms with Crippen LogP contribution in [0.3, 0.4) is 0 Å². The van der Waals surface area contributed by atoms with Gasteiger partial charge in [0.2, 0.25) is 0 Å². The zero-order chi connectivity index (χ0) is 20.8. The van der Waals surface area contributed by atoms with Crippen molar-refractivity contribution in [2.75, 3.05) is 31.6 Å². The topological polar surface area (TPSA) is 50.8 Å². The highest BCUT2D eigenvalue weighted by molar-refractivity contribution is 5.94. The Morgan fingerprint density at radius 1 is 1.14 bits per heavy atom. The summed E-state index contributed by atoms with van der Waals surface area (Å²) in [5.41, 5.74) is 4.21. The molecule has 1 aliphatic heterocycles. The van der Waals surface area contributed by atoms with Gasteiger partial charge in [-0.2, -0.15) is 0 Å². The van der Waals surface area contributed by atoms with Crippen LogP contribution in [0.4, 0.5) is 5.69 Å². The minimum Gasteiger partial charge on any atom is -0.481 e. The summed E-state index contributed by atoms with van der Waals surface area (Å²) < 4.78 is 11.4. The van der Waals surface area contributed by atoms with E-state index in [9.17, 15) is 4.79 Å². The first kappa shape index (κ1) is 21.3. The number of ether oxygens (including phenoxy) is 2. The molecule has 3 rings (SSSR count). The highest BCUT2D eigenvalue weighted by atomic mass is 16.5. The number of aryl methyl sites for hydroxylation is 1. The molecular weight excluding hydrogens is 364 g/mol. The molecule has 2 aromatic rings. The van der Waals surface area contributed by atoms with Crippen LogP contribution in [0, 0.1) is 6.92 Å². The Morgan fingerprint density at radius 3 is 2.62 bits per heavy atom. The first-order chi connectivity index (χ1) is 13.9. The second-order valence-electron chi connectivity index (χ2n) is 8.03. The maximum absolute atomic E-state index is 12.7. The summed E-state index contributed by atoms with van der Waals surface area (Å²) in [6, 6.07) is 14.2. The molecule has 1 fully saturated rings. The molecule has 5 nitrogen and oxygen atoms in total. The van der Waals surface area contributed by atoms with Crippen LogP contribution in [-0.2, 0) is 16.1 Å². The van der Waals surface area contributed by atoms with Gasteiger partial charge >= 0.3 is 0 Å². The van der Waals surface area contributed by atoms with Crippen molar-refractivity contribution < 1.29 is 14.3 Å². The summed E-state index contributed by atoms with van der Waals surface area (Å²) >= 11 is 0. The van der Waals surface area contributed by atoms with E-state index in [1.165, 1.54) is 5.56 Å². The van der Waals surface area contributed by atoms with Crippen molar-refractivity contribution in [3.05, 3.63) is 59.2 Å². The Kier molecular flexibility index (Phi) is 7.29. The molecule has 0 aromatic heterocycles. The van der Waals surface area contributed by atoms with Crippen LogP contribution in [0.15, 0.2) is 42.5 Å². The van der Waals surface area contributed by atoms with Gasteiger partial charge in [-0.1, -0.05) is 38.1 Å². The van der Waals surface area contributed by atoms with Gasteiger partial charge in [-0.25, -0.2) is 0 Å². The van der Waals surface area contributed by atoms with Gasteiger partial charge in [-0.15, -0.1) is 0 Å². The molecule has 0 aliphatic carbocycles. The van der Waals surface area contributed by atoms with E-state index in [0.29, 0.717) is 5.92 Å². The highest BCUT2D eigenvalue weighted by Gasteiger charge is 2.18. The van der Waals surface area contributed by atoms with Crippen molar-refractivity contribution in [2.45, 2.75) is 46.3 Å². The first-order valence-electron chi connectivity index (χ1n) is 10.4. The van der Waals surface area contributed by atoms with Crippen molar-refractivity contribution in [1.82, 2.24) is 4.90 Å². The average Bonchev–Trinajstić information content (AvgIpc) is 2.69. The lowest BCUT2D eigenvalue weighted by atomic mass is 10.0. The van der Waals surface area contributed by atoms with E-state index in [4.69, 9.17) is 9.47 Å². The maximum atomic E-state index is 12.7. The van der Waals surface area contributed by atoms with Gasteiger partial charge in [0.05, 0.1) is 13.2 Å². The fraction of sp³-hybridized carbons (Fsp3) is 0.458. The van der Waals surface area contributed by atoms with Crippen LogP contribution in [0.25, 0.3) is 0 Å². The monoisotopic (exact) mass is 396 g/mol. The number of anilines is 1. The molecule has 1 N–H and O–H groups in total. The lowest BCUT2D eigenvalue weighted by Gasteiger charge is -2.26. The third-order valence-corrected chi connectivity index (χ3v) is 5.17. The van der Waals surface area contributed by atoms with Crippen molar-refractivity contribution in [3.8, 4) is 5.75 Å². The number of amides is 1. The molecular formula is C24H32N2O3. The minimum atomic E-state index is -0.586. The second-order valence-corrected chi connectivity index (χ2v) is 8.03. The Bertz CT molecular complexity index is 829. The molecule has 29 heavy (non-hydrogen) atoms. The quantitative estimate of drug-likeness (QED) is 0.756. The molecule has 1 amide bonds. The maximum Gasteiger partial charge on any atom is 0.265 e. The fourth-order valence-corrected chi connectivity index (χ4v) is 3.47. The molecule has 5 heteroatoms. The smallest absolute Gasteiger partial charge is 0.265 e. The van der Waals surface area contributed by atoms with Gasteiger partial charge in [0.25, 0.3) is 5.91 Å². The zero-order valence-electron chi connectivity index (χ0n) is 17.9. The van der Waals surface area contributed by atoms with Crippen molar-refractivity contribution in [1.29, 1.82) is 0 Å². The predicted molar refractivity (Wildman–Crippen MR) is 117 cm³/mol. The number of nitrogens with one attached hydrogen (secondary N) is 1. The van der Waals surface area contributed by atoms with Gasteiger partial charge in [-0.05, 0) is 54.7 Å². The third kappa shape index (κ3) is 6.05. The number of morpholine rings is 1. The van der Waals surface area contributed by atoms with E-state index in [2.05, 4.69) is 42.3 Å². The number of carbonyl (C=O) groups is 1. The third-order valence-electron chi connectivity index (χ3n) is 5.17. The molecule has 0 bridgehead atoms. The largest absolute Gasteiger partial charge is 0.481 e. The van der Waals surface area contributed by atoms with E-state index in [-0.39, 0.29) is 5.91 Å². The Hall–Kier alpha value is -2.37. The summed E-state index contributed by atoms with van der Waals surface area (Å²) in [5.74, 6) is 0.964. The van der Waals surface area contributed by atoms with Crippen molar-refractivity contribution >= 4 is 11.6 Å². The van der Waals surface area contributed by atoms with E-state index in [0.717, 1.165) is 55.4 Å². The molecule has 0 radical (unpaired) electrons. The second kappa shape index (κ2) is 9.90. The van der Waals surface area contributed by atoms with Crippen LogP contribution in [0.2, 0.25) is 0 Å². The molecule has 156 valence electrons. The molecule has 0 spiro atoms. The number of carbonyl (C=O) groups excluding carboxylic acids is 1. The lowest BCUT2D eigenvalue weighted by molar-refractivity contribution is -0.122. The van der Waals surface area contributed by atoms with Gasteiger partial charge < -0.3 is 14.8 Å². The van der Waals surface area contributed by atoms with Gasteiger partial charge in [0, 0.05) is 25.3 Å². The summed E-state index contributed by atoms with van der Waals surface area (Å²) in [7, 11) is 0. The standard InChI is InChI=1S/C24H32N2O3/c1-17(2)22-9-8-18(3)14-23(22)29-19(4)24(27)25-21-7-5-6-20(15-21)16-26-10-12-28-13-11-26/h5-9,14-15,17,19H,10-13,16H2,1-4H3,(H,25,27). The summed E-state index contributed by atoms with van der Waals surface area (Å²) in [4.78, 5) is 15.1. The number of rotatable bonds is 7. The molecule has 1 aliphatic rings. The van der Waals surface area contributed by atoms with E-state index < -0.39 is 6.10 Å². The van der Waals surface area contributed by atoms with Gasteiger partial charge in [0.15, 0.2) is 6.10 Å². The van der Waals surface area contributed by atoms with Crippen LogP contribution in [0.5, 0.6) is 5.75 Å². The van der Waals surface area contributed by atoms with Gasteiger partial charge in [-0.3, -0.25) is 9.69 Å². The fourth-order valence-electron chi connectivity index (χ4n) is 3.47. The minimum absolute atomic E-state index is 0.148. The number of nitrogens with zero attached hydrogens (tertiary/aromatic N) is 1. The average molecular weight is 397 g/mol. The summed E-state index contributed by atoms with van der Waals surface area (Å²) in [6.07, 6.45) is -0.586. The Labute approximate surface area is 174 Å². The lowest BCUT2D eigenvalue weighted by Crippen LogP contribution is -2.35. The number of benzene rings is 2. The molecule has 0 saturated carbocycles.